The number of hydrogen-bond acceptors (Lipinski definition) is 5. The molecule has 0 aliphatic rings. The van der Waals surface area contributed by atoms with E-state index in [0.29, 0.717) is 5.69 Å². The SMILES string of the molecule is COc1cc([N+](=O)[O-])ccc1NC(=S)NC(=O)Cc1ccccc1C. The molecule has 0 atom stereocenters. The van der Waals surface area contributed by atoms with Gasteiger partial charge in [-0.15, -0.1) is 0 Å². The highest BCUT2D eigenvalue weighted by molar-refractivity contribution is 7.80. The van der Waals surface area contributed by atoms with Gasteiger partial charge in [0.1, 0.15) is 5.75 Å². The Morgan fingerprint density at radius 1 is 1.28 bits per heavy atom. The fraction of sp³-hybridized carbons (Fsp3) is 0.176. The van der Waals surface area contributed by atoms with Crippen molar-refractivity contribution in [3.63, 3.8) is 0 Å². The first-order valence-corrected chi connectivity index (χ1v) is 7.79. The highest BCUT2D eigenvalue weighted by Gasteiger charge is 2.13. The van der Waals surface area contributed by atoms with Crippen LogP contribution in [-0.4, -0.2) is 23.1 Å². The number of nitrogens with zero attached hydrogens (tertiary/aromatic N) is 1. The number of carbonyl (C=O) groups is 1. The van der Waals surface area contributed by atoms with E-state index in [9.17, 15) is 14.9 Å². The predicted molar refractivity (Wildman–Crippen MR) is 98.9 cm³/mol. The zero-order valence-electron chi connectivity index (χ0n) is 13.7. The summed E-state index contributed by atoms with van der Waals surface area (Å²) in [6.07, 6.45) is 0.200. The van der Waals surface area contributed by atoms with Crippen LogP contribution in [0.5, 0.6) is 5.75 Å². The van der Waals surface area contributed by atoms with Gasteiger partial charge in [0.05, 0.1) is 30.2 Å². The Bertz CT molecular complexity index is 823. The van der Waals surface area contributed by atoms with Crippen molar-refractivity contribution in [1.29, 1.82) is 0 Å². The third kappa shape index (κ3) is 4.98. The minimum atomic E-state index is -0.519. The van der Waals surface area contributed by atoms with Crippen molar-refractivity contribution in [3.8, 4) is 5.75 Å². The van der Waals surface area contributed by atoms with Crippen LogP contribution in [0.1, 0.15) is 11.1 Å². The van der Waals surface area contributed by atoms with Crippen LogP contribution in [0.2, 0.25) is 0 Å². The van der Waals surface area contributed by atoms with Crippen LogP contribution in [0.25, 0.3) is 0 Å². The number of non-ortho nitro benzene ring substituents is 1. The Balaban J connectivity index is 2.01. The number of thiocarbonyl (C=S) groups is 1. The molecule has 2 rings (SSSR count). The van der Waals surface area contributed by atoms with Crippen LogP contribution >= 0.6 is 12.2 Å². The summed E-state index contributed by atoms with van der Waals surface area (Å²) >= 11 is 5.12. The van der Waals surface area contributed by atoms with Crippen LogP contribution in [-0.2, 0) is 11.2 Å². The van der Waals surface area contributed by atoms with E-state index in [1.54, 1.807) is 0 Å². The second-order valence-corrected chi connectivity index (χ2v) is 5.66. The molecule has 2 aromatic carbocycles. The van der Waals surface area contributed by atoms with E-state index in [1.807, 2.05) is 31.2 Å². The predicted octanol–water partition coefficient (Wildman–Crippen LogP) is 2.97. The lowest BCUT2D eigenvalue weighted by molar-refractivity contribution is -0.384. The number of rotatable bonds is 5. The fourth-order valence-electron chi connectivity index (χ4n) is 2.20. The molecule has 2 N–H and O–H groups in total. The molecule has 0 aliphatic heterocycles. The summed E-state index contributed by atoms with van der Waals surface area (Å²) in [5.74, 6) is -0.00242. The molecular formula is C17H17N3O4S. The van der Waals surface area contributed by atoms with Gasteiger partial charge in [0, 0.05) is 6.07 Å². The van der Waals surface area contributed by atoms with E-state index in [1.165, 1.54) is 25.3 Å². The first-order chi connectivity index (χ1) is 11.9. The van der Waals surface area contributed by atoms with Crippen molar-refractivity contribution < 1.29 is 14.5 Å². The molecule has 0 radical (unpaired) electrons. The monoisotopic (exact) mass is 359 g/mol. The van der Waals surface area contributed by atoms with E-state index in [2.05, 4.69) is 10.6 Å². The molecule has 8 heteroatoms. The molecule has 0 aliphatic carbocycles. The molecule has 25 heavy (non-hydrogen) atoms. The number of anilines is 1. The Labute approximate surface area is 150 Å². The van der Waals surface area contributed by atoms with E-state index in [4.69, 9.17) is 17.0 Å². The number of methoxy groups -OCH3 is 1. The fourth-order valence-corrected chi connectivity index (χ4v) is 2.43. The molecule has 0 unspecified atom stereocenters. The van der Waals surface area contributed by atoms with Crippen LogP contribution < -0.4 is 15.4 Å². The smallest absolute Gasteiger partial charge is 0.273 e. The van der Waals surface area contributed by atoms with Crippen molar-refractivity contribution in [2.24, 2.45) is 0 Å². The van der Waals surface area contributed by atoms with Gasteiger partial charge < -0.3 is 15.4 Å². The Kier molecular flexibility index (Phi) is 6.02. The van der Waals surface area contributed by atoms with Gasteiger partial charge >= 0.3 is 0 Å². The number of aryl methyl sites for hydroxylation is 1. The quantitative estimate of drug-likeness (QED) is 0.484. The van der Waals surface area contributed by atoms with E-state index < -0.39 is 4.92 Å². The third-order valence-corrected chi connectivity index (χ3v) is 3.71. The van der Waals surface area contributed by atoms with Crippen LogP contribution in [0.4, 0.5) is 11.4 Å². The number of carbonyl (C=O) groups excluding carboxylic acids is 1. The molecule has 0 bridgehead atoms. The summed E-state index contributed by atoms with van der Waals surface area (Å²) in [5.41, 5.74) is 2.26. The second kappa shape index (κ2) is 8.20. The highest BCUT2D eigenvalue weighted by atomic mass is 32.1. The minimum absolute atomic E-state index is 0.0886. The summed E-state index contributed by atoms with van der Waals surface area (Å²) in [6, 6.07) is 11.7. The summed E-state index contributed by atoms with van der Waals surface area (Å²) in [4.78, 5) is 22.4. The molecular weight excluding hydrogens is 342 g/mol. The largest absolute Gasteiger partial charge is 0.494 e. The van der Waals surface area contributed by atoms with Crippen LogP contribution in [0, 0.1) is 17.0 Å². The van der Waals surface area contributed by atoms with Crippen molar-refractivity contribution in [2.45, 2.75) is 13.3 Å². The molecule has 0 aromatic heterocycles. The lowest BCUT2D eigenvalue weighted by Gasteiger charge is -2.13. The second-order valence-electron chi connectivity index (χ2n) is 5.25. The number of amides is 1. The molecule has 2 aromatic rings. The molecule has 0 spiro atoms. The molecule has 0 fully saturated rings. The van der Waals surface area contributed by atoms with Gasteiger partial charge in [0.25, 0.3) is 5.69 Å². The Morgan fingerprint density at radius 3 is 2.64 bits per heavy atom. The van der Waals surface area contributed by atoms with E-state index >= 15 is 0 Å². The molecule has 0 saturated carbocycles. The van der Waals surface area contributed by atoms with Crippen molar-refractivity contribution >= 4 is 34.6 Å². The summed E-state index contributed by atoms with van der Waals surface area (Å²) in [6.45, 7) is 1.93. The molecule has 130 valence electrons. The minimum Gasteiger partial charge on any atom is -0.494 e. The van der Waals surface area contributed by atoms with Gasteiger partial charge in [-0.05, 0) is 36.3 Å². The lowest BCUT2D eigenvalue weighted by atomic mass is 10.1. The average molecular weight is 359 g/mol. The molecule has 0 saturated heterocycles. The highest BCUT2D eigenvalue weighted by Crippen LogP contribution is 2.28. The van der Waals surface area contributed by atoms with Gasteiger partial charge in [-0.2, -0.15) is 0 Å². The van der Waals surface area contributed by atoms with Gasteiger partial charge in [-0.1, -0.05) is 24.3 Å². The zero-order valence-corrected chi connectivity index (χ0v) is 14.6. The van der Waals surface area contributed by atoms with E-state index in [0.717, 1.165) is 11.1 Å². The lowest BCUT2D eigenvalue weighted by Crippen LogP contribution is -2.35. The van der Waals surface area contributed by atoms with Crippen molar-refractivity contribution in [1.82, 2.24) is 5.32 Å². The number of benzene rings is 2. The number of nitro groups is 1. The summed E-state index contributed by atoms with van der Waals surface area (Å²) < 4.78 is 5.11. The Hall–Kier alpha value is -3.00. The first-order valence-electron chi connectivity index (χ1n) is 7.38. The maximum absolute atomic E-state index is 12.1. The number of nitro benzene ring substituents is 1. The maximum Gasteiger partial charge on any atom is 0.273 e. The maximum atomic E-state index is 12.1. The summed E-state index contributed by atoms with van der Waals surface area (Å²) in [7, 11) is 1.39. The number of ether oxygens (including phenoxy) is 1. The number of hydrogen-bond donors (Lipinski definition) is 2. The first kappa shape index (κ1) is 18.3. The molecule has 0 heterocycles. The van der Waals surface area contributed by atoms with Gasteiger partial charge in [-0.25, -0.2) is 0 Å². The van der Waals surface area contributed by atoms with E-state index in [-0.39, 0.29) is 28.9 Å². The standard InChI is InChI=1S/C17H17N3O4S/c1-11-5-3-4-6-12(11)9-16(21)19-17(25)18-14-8-7-13(20(22)23)10-15(14)24-2/h3-8,10H,9H2,1-2H3,(H2,18,19,21,25). The van der Waals surface area contributed by atoms with Crippen LogP contribution in [0.3, 0.4) is 0 Å². The Morgan fingerprint density at radius 2 is 2.00 bits per heavy atom. The van der Waals surface area contributed by atoms with Crippen molar-refractivity contribution in [3.05, 3.63) is 63.7 Å². The average Bonchev–Trinajstić information content (AvgIpc) is 2.56. The van der Waals surface area contributed by atoms with Crippen molar-refractivity contribution in [2.75, 3.05) is 12.4 Å². The normalized spacial score (nSPS) is 10.0. The molecule has 7 nitrogen and oxygen atoms in total. The zero-order chi connectivity index (χ0) is 18.4. The third-order valence-electron chi connectivity index (χ3n) is 3.51. The van der Waals surface area contributed by atoms with Gasteiger partial charge in [0.15, 0.2) is 5.11 Å². The van der Waals surface area contributed by atoms with Gasteiger partial charge in [-0.3, -0.25) is 14.9 Å². The number of nitrogens with one attached hydrogen (secondary N) is 2. The van der Waals surface area contributed by atoms with Gasteiger partial charge in [0.2, 0.25) is 5.91 Å². The summed E-state index contributed by atoms with van der Waals surface area (Å²) in [5, 5.41) is 16.3. The molecule has 1 amide bonds. The van der Waals surface area contributed by atoms with Crippen LogP contribution in [0.15, 0.2) is 42.5 Å². The topological polar surface area (TPSA) is 93.5 Å².